The van der Waals surface area contributed by atoms with Gasteiger partial charge < -0.3 is 9.84 Å². The number of rotatable bonds is 2. The van der Waals surface area contributed by atoms with Crippen molar-refractivity contribution < 1.29 is 9.32 Å². The number of aromatic nitrogens is 2. The molecule has 1 N–H and O–H groups in total. The molecule has 0 spiro atoms. The SMILES string of the molecule is Cc1cc(-c2noc(C3CCC(=O)NC3)n2)cc(C)c1Br. The van der Waals surface area contributed by atoms with Crippen molar-refractivity contribution in [2.75, 3.05) is 6.54 Å². The van der Waals surface area contributed by atoms with Crippen molar-refractivity contribution in [3.63, 3.8) is 0 Å². The lowest BCUT2D eigenvalue weighted by Crippen LogP contribution is -2.33. The standard InChI is InChI=1S/C15H16BrN3O2/c1-8-5-11(6-9(2)13(8)16)14-18-15(21-19-14)10-3-4-12(20)17-7-10/h5-6,10H,3-4,7H2,1-2H3,(H,17,20). The second-order valence-corrected chi connectivity index (χ2v) is 6.21. The molecule has 110 valence electrons. The minimum atomic E-state index is 0.0881. The summed E-state index contributed by atoms with van der Waals surface area (Å²) in [5.74, 6) is 1.40. The minimum absolute atomic E-state index is 0.0881. The second-order valence-electron chi connectivity index (χ2n) is 5.42. The van der Waals surface area contributed by atoms with Crippen LogP contribution in [0.2, 0.25) is 0 Å². The first-order valence-corrected chi connectivity index (χ1v) is 7.71. The van der Waals surface area contributed by atoms with Crippen molar-refractivity contribution in [2.45, 2.75) is 32.6 Å². The predicted octanol–water partition coefficient (Wildman–Crippen LogP) is 3.11. The fourth-order valence-electron chi connectivity index (χ4n) is 2.54. The molecule has 1 unspecified atom stereocenters. The van der Waals surface area contributed by atoms with E-state index in [1.54, 1.807) is 0 Å². The molecular formula is C15H16BrN3O2. The smallest absolute Gasteiger partial charge is 0.231 e. The highest BCUT2D eigenvalue weighted by Gasteiger charge is 2.25. The maximum atomic E-state index is 11.2. The lowest BCUT2D eigenvalue weighted by molar-refractivity contribution is -0.122. The van der Waals surface area contributed by atoms with Crippen molar-refractivity contribution in [3.8, 4) is 11.4 Å². The summed E-state index contributed by atoms with van der Waals surface area (Å²) in [5, 5.41) is 6.91. The Balaban J connectivity index is 1.86. The van der Waals surface area contributed by atoms with E-state index < -0.39 is 0 Å². The Morgan fingerprint density at radius 1 is 1.33 bits per heavy atom. The average Bonchev–Trinajstić information content (AvgIpc) is 2.95. The van der Waals surface area contributed by atoms with Gasteiger partial charge in [-0.25, -0.2) is 0 Å². The molecule has 0 aliphatic carbocycles. The average molecular weight is 350 g/mol. The van der Waals surface area contributed by atoms with Gasteiger partial charge in [-0.2, -0.15) is 4.98 Å². The monoisotopic (exact) mass is 349 g/mol. The molecule has 1 aromatic heterocycles. The number of carbonyl (C=O) groups is 1. The van der Waals surface area contributed by atoms with Crippen LogP contribution in [0.25, 0.3) is 11.4 Å². The fourth-order valence-corrected chi connectivity index (χ4v) is 2.77. The van der Waals surface area contributed by atoms with Gasteiger partial charge in [0.15, 0.2) is 0 Å². The quantitative estimate of drug-likeness (QED) is 0.904. The van der Waals surface area contributed by atoms with Gasteiger partial charge in [-0.15, -0.1) is 0 Å². The number of benzene rings is 1. The van der Waals surface area contributed by atoms with Crippen LogP contribution >= 0.6 is 15.9 Å². The third-order valence-corrected chi connectivity index (χ3v) is 5.00. The number of carbonyl (C=O) groups excluding carboxylic acids is 1. The number of piperidine rings is 1. The molecule has 1 aliphatic heterocycles. The van der Waals surface area contributed by atoms with Crippen LogP contribution in [0, 0.1) is 13.8 Å². The van der Waals surface area contributed by atoms with Crippen LogP contribution in [0.4, 0.5) is 0 Å². The van der Waals surface area contributed by atoms with Crippen LogP contribution in [0.3, 0.4) is 0 Å². The number of hydrogen-bond acceptors (Lipinski definition) is 4. The Morgan fingerprint density at radius 3 is 2.67 bits per heavy atom. The number of amides is 1. The van der Waals surface area contributed by atoms with E-state index in [-0.39, 0.29) is 11.8 Å². The van der Waals surface area contributed by atoms with Crippen LogP contribution in [-0.2, 0) is 4.79 Å². The van der Waals surface area contributed by atoms with Crippen LogP contribution in [-0.4, -0.2) is 22.6 Å². The van der Waals surface area contributed by atoms with E-state index in [0.717, 1.165) is 27.6 Å². The number of hydrogen-bond donors (Lipinski definition) is 1. The molecule has 1 aromatic carbocycles. The molecule has 1 atom stereocenters. The maximum Gasteiger partial charge on any atom is 0.231 e. The van der Waals surface area contributed by atoms with E-state index in [0.29, 0.717) is 24.7 Å². The molecule has 0 bridgehead atoms. The van der Waals surface area contributed by atoms with E-state index in [1.165, 1.54) is 0 Å². The number of nitrogens with one attached hydrogen (secondary N) is 1. The van der Waals surface area contributed by atoms with Gasteiger partial charge in [-0.05, 0) is 43.5 Å². The zero-order valence-electron chi connectivity index (χ0n) is 11.9. The highest BCUT2D eigenvalue weighted by atomic mass is 79.9. The Bertz CT molecular complexity index is 663. The summed E-state index contributed by atoms with van der Waals surface area (Å²) in [4.78, 5) is 15.7. The summed E-state index contributed by atoms with van der Waals surface area (Å²) < 4.78 is 6.48. The Labute approximate surface area is 131 Å². The van der Waals surface area contributed by atoms with Crippen LogP contribution < -0.4 is 5.32 Å². The Morgan fingerprint density at radius 2 is 2.05 bits per heavy atom. The van der Waals surface area contributed by atoms with Crippen LogP contribution in [0.5, 0.6) is 0 Å². The van der Waals surface area contributed by atoms with Crippen molar-refractivity contribution in [2.24, 2.45) is 0 Å². The normalized spacial score (nSPS) is 18.6. The molecule has 1 aliphatic rings. The lowest BCUT2D eigenvalue weighted by atomic mass is 9.99. The molecular weight excluding hydrogens is 334 g/mol. The third-order valence-electron chi connectivity index (χ3n) is 3.75. The Hall–Kier alpha value is -1.69. The van der Waals surface area contributed by atoms with Gasteiger partial charge in [0.1, 0.15) is 0 Å². The number of aryl methyl sites for hydroxylation is 2. The molecule has 6 heteroatoms. The topological polar surface area (TPSA) is 68.0 Å². The first-order chi connectivity index (χ1) is 10.0. The van der Waals surface area contributed by atoms with Crippen LogP contribution in [0.1, 0.15) is 35.8 Å². The van der Waals surface area contributed by atoms with Crippen molar-refractivity contribution in [1.82, 2.24) is 15.5 Å². The van der Waals surface area contributed by atoms with E-state index in [9.17, 15) is 4.79 Å². The zero-order valence-corrected chi connectivity index (χ0v) is 13.5. The first kappa shape index (κ1) is 14.3. The molecule has 1 saturated heterocycles. The molecule has 2 heterocycles. The number of nitrogens with zero attached hydrogens (tertiary/aromatic N) is 2. The van der Waals surface area contributed by atoms with Gasteiger partial charge >= 0.3 is 0 Å². The molecule has 2 aromatic rings. The predicted molar refractivity (Wildman–Crippen MR) is 81.9 cm³/mol. The molecule has 0 radical (unpaired) electrons. The van der Waals surface area contributed by atoms with E-state index >= 15 is 0 Å². The van der Waals surface area contributed by atoms with Gasteiger partial charge in [0.05, 0.1) is 5.92 Å². The van der Waals surface area contributed by atoms with Gasteiger partial charge in [0.25, 0.3) is 0 Å². The highest BCUT2D eigenvalue weighted by Crippen LogP contribution is 2.29. The van der Waals surface area contributed by atoms with Crippen molar-refractivity contribution in [3.05, 3.63) is 33.6 Å². The maximum absolute atomic E-state index is 11.2. The van der Waals surface area contributed by atoms with Gasteiger partial charge in [0.2, 0.25) is 17.6 Å². The van der Waals surface area contributed by atoms with E-state index in [4.69, 9.17) is 4.52 Å². The zero-order chi connectivity index (χ0) is 15.0. The summed E-state index contributed by atoms with van der Waals surface area (Å²) in [6, 6.07) is 4.07. The largest absolute Gasteiger partial charge is 0.355 e. The molecule has 3 rings (SSSR count). The summed E-state index contributed by atoms with van der Waals surface area (Å²) in [7, 11) is 0. The van der Waals surface area contributed by atoms with Crippen molar-refractivity contribution >= 4 is 21.8 Å². The molecule has 1 amide bonds. The summed E-state index contributed by atoms with van der Waals surface area (Å²) in [5.41, 5.74) is 3.23. The molecule has 21 heavy (non-hydrogen) atoms. The first-order valence-electron chi connectivity index (χ1n) is 6.92. The molecule has 5 nitrogen and oxygen atoms in total. The third kappa shape index (κ3) is 2.85. The van der Waals surface area contributed by atoms with Gasteiger partial charge in [-0.1, -0.05) is 21.1 Å². The fraction of sp³-hybridized carbons (Fsp3) is 0.400. The molecule has 0 saturated carbocycles. The number of halogens is 1. The summed E-state index contributed by atoms with van der Waals surface area (Å²) in [6.07, 6.45) is 1.27. The minimum Gasteiger partial charge on any atom is -0.355 e. The van der Waals surface area contributed by atoms with Gasteiger partial charge in [-0.3, -0.25) is 4.79 Å². The van der Waals surface area contributed by atoms with Crippen LogP contribution in [0.15, 0.2) is 21.1 Å². The van der Waals surface area contributed by atoms with E-state index in [1.807, 2.05) is 26.0 Å². The lowest BCUT2D eigenvalue weighted by Gasteiger charge is -2.18. The highest BCUT2D eigenvalue weighted by molar-refractivity contribution is 9.10. The van der Waals surface area contributed by atoms with Gasteiger partial charge in [0, 0.05) is 23.0 Å². The van der Waals surface area contributed by atoms with Crippen molar-refractivity contribution in [1.29, 1.82) is 0 Å². The Kier molecular flexibility index (Phi) is 3.80. The molecule has 1 fully saturated rings. The van der Waals surface area contributed by atoms with E-state index in [2.05, 4.69) is 31.4 Å². The second kappa shape index (κ2) is 5.60. The summed E-state index contributed by atoms with van der Waals surface area (Å²) >= 11 is 3.55. The summed E-state index contributed by atoms with van der Waals surface area (Å²) in [6.45, 7) is 4.65.